The highest BCUT2D eigenvalue weighted by molar-refractivity contribution is 5.83. The average molecular weight is 430 g/mol. The smallest absolute Gasteiger partial charge is 0.226 e. The maximum absolute atomic E-state index is 13.0. The summed E-state index contributed by atoms with van der Waals surface area (Å²) in [6.45, 7) is 2.70. The van der Waals surface area contributed by atoms with E-state index >= 15 is 0 Å². The summed E-state index contributed by atoms with van der Waals surface area (Å²) >= 11 is 0. The summed E-state index contributed by atoms with van der Waals surface area (Å²) in [7, 11) is 3.43. The Morgan fingerprint density at radius 2 is 1.78 bits per heavy atom. The molecule has 1 fully saturated rings. The number of hydrogen-bond donors (Lipinski definition) is 1. The quantitative estimate of drug-likeness (QED) is 0.607. The molecule has 5 heteroatoms. The number of benzene rings is 2. The predicted octanol–water partition coefficient (Wildman–Crippen LogP) is 4.33. The molecule has 1 saturated heterocycles. The van der Waals surface area contributed by atoms with Crippen LogP contribution in [0.1, 0.15) is 24.0 Å². The van der Waals surface area contributed by atoms with Crippen molar-refractivity contribution in [2.75, 3.05) is 27.2 Å². The fourth-order valence-electron chi connectivity index (χ4n) is 4.66. The van der Waals surface area contributed by atoms with Crippen molar-refractivity contribution >= 4 is 5.91 Å². The van der Waals surface area contributed by atoms with Gasteiger partial charge in [-0.2, -0.15) is 0 Å². The molecule has 2 aromatic carbocycles. The van der Waals surface area contributed by atoms with Crippen LogP contribution in [-0.2, 0) is 17.8 Å². The van der Waals surface area contributed by atoms with Gasteiger partial charge in [-0.05, 0) is 72.8 Å². The van der Waals surface area contributed by atoms with E-state index in [9.17, 15) is 4.79 Å². The Labute approximate surface area is 190 Å². The van der Waals surface area contributed by atoms with Crippen molar-refractivity contribution in [3.8, 4) is 16.9 Å². The number of likely N-dealkylation sites (tertiary alicyclic amines) is 1. The molecule has 0 atom stereocenters. The Bertz CT molecular complexity index is 1030. The lowest BCUT2D eigenvalue weighted by Gasteiger charge is -2.40. The van der Waals surface area contributed by atoms with Crippen LogP contribution >= 0.6 is 0 Å². The third-order valence-corrected chi connectivity index (χ3v) is 6.55. The summed E-state index contributed by atoms with van der Waals surface area (Å²) in [5.74, 6) is 1.02. The lowest BCUT2D eigenvalue weighted by atomic mass is 9.72. The fourth-order valence-corrected chi connectivity index (χ4v) is 4.66. The molecule has 0 bridgehead atoms. The normalized spacial score (nSPS) is 15.8. The van der Waals surface area contributed by atoms with Crippen LogP contribution in [-0.4, -0.2) is 43.0 Å². The molecule has 2 heterocycles. The van der Waals surface area contributed by atoms with Gasteiger partial charge in [0.05, 0.1) is 12.5 Å². The first kappa shape index (κ1) is 22.0. The Hall–Kier alpha value is -3.18. The first-order valence-electron chi connectivity index (χ1n) is 11.2. The van der Waals surface area contributed by atoms with E-state index in [-0.39, 0.29) is 11.3 Å². The molecule has 166 valence electrons. The van der Waals surface area contributed by atoms with E-state index in [1.54, 1.807) is 20.4 Å². The zero-order valence-electron chi connectivity index (χ0n) is 18.9. The van der Waals surface area contributed by atoms with E-state index in [1.807, 2.05) is 24.4 Å². The number of nitrogens with one attached hydrogen (secondary N) is 1. The maximum Gasteiger partial charge on any atom is 0.226 e. The Morgan fingerprint density at radius 1 is 1.03 bits per heavy atom. The third kappa shape index (κ3) is 5.00. The van der Waals surface area contributed by atoms with Crippen LogP contribution < -0.4 is 10.1 Å². The zero-order chi connectivity index (χ0) is 22.4. The largest absolute Gasteiger partial charge is 0.497 e. The van der Waals surface area contributed by atoms with Crippen molar-refractivity contribution in [2.24, 2.45) is 5.41 Å². The van der Waals surface area contributed by atoms with Gasteiger partial charge in [-0.1, -0.05) is 42.5 Å². The minimum Gasteiger partial charge on any atom is -0.497 e. The van der Waals surface area contributed by atoms with Crippen LogP contribution in [0.15, 0.2) is 73.1 Å². The van der Waals surface area contributed by atoms with Gasteiger partial charge >= 0.3 is 0 Å². The monoisotopic (exact) mass is 429 g/mol. The van der Waals surface area contributed by atoms with E-state index in [1.165, 1.54) is 11.1 Å². The van der Waals surface area contributed by atoms with Crippen molar-refractivity contribution in [1.82, 2.24) is 15.2 Å². The second kappa shape index (κ2) is 9.96. The molecule has 4 rings (SSSR count). The van der Waals surface area contributed by atoms with E-state index in [4.69, 9.17) is 4.74 Å². The van der Waals surface area contributed by atoms with E-state index in [0.717, 1.165) is 55.8 Å². The molecular formula is C27H31N3O2. The topological polar surface area (TPSA) is 54.5 Å². The van der Waals surface area contributed by atoms with Crippen molar-refractivity contribution in [2.45, 2.75) is 25.8 Å². The summed E-state index contributed by atoms with van der Waals surface area (Å²) in [5, 5.41) is 2.94. The zero-order valence-corrected chi connectivity index (χ0v) is 18.9. The summed E-state index contributed by atoms with van der Waals surface area (Å²) < 4.78 is 5.26. The third-order valence-electron chi connectivity index (χ3n) is 6.55. The Kier molecular flexibility index (Phi) is 6.86. The number of rotatable bonds is 7. The van der Waals surface area contributed by atoms with Gasteiger partial charge in [0, 0.05) is 26.0 Å². The molecule has 1 aliphatic rings. The number of aromatic nitrogens is 1. The van der Waals surface area contributed by atoms with Crippen LogP contribution in [0, 0.1) is 5.41 Å². The van der Waals surface area contributed by atoms with Crippen molar-refractivity contribution in [3.05, 3.63) is 84.2 Å². The van der Waals surface area contributed by atoms with Crippen LogP contribution in [0.3, 0.4) is 0 Å². The fraction of sp³-hybridized carbons (Fsp3) is 0.333. The van der Waals surface area contributed by atoms with Gasteiger partial charge in [-0.15, -0.1) is 0 Å². The number of methoxy groups -OCH3 is 1. The van der Waals surface area contributed by atoms with E-state index < -0.39 is 0 Å². The van der Waals surface area contributed by atoms with Crippen LogP contribution in [0.2, 0.25) is 0 Å². The minimum atomic E-state index is -0.376. The highest BCUT2D eigenvalue weighted by atomic mass is 16.5. The van der Waals surface area contributed by atoms with Crippen molar-refractivity contribution in [3.63, 3.8) is 0 Å². The minimum absolute atomic E-state index is 0.147. The van der Waals surface area contributed by atoms with Gasteiger partial charge in [0.25, 0.3) is 0 Å². The SMILES string of the molecule is CNC(=O)C1(Cc2cccc(-c3cccnc3)c2)CCN(Cc2ccc(OC)cc2)CC1. The Morgan fingerprint density at radius 3 is 2.44 bits per heavy atom. The number of piperidine rings is 1. The first-order valence-corrected chi connectivity index (χ1v) is 11.2. The van der Waals surface area contributed by atoms with Gasteiger partial charge in [0.1, 0.15) is 5.75 Å². The second-order valence-corrected chi connectivity index (χ2v) is 8.60. The van der Waals surface area contributed by atoms with Crippen LogP contribution in [0.25, 0.3) is 11.1 Å². The van der Waals surface area contributed by atoms with Gasteiger partial charge in [-0.3, -0.25) is 14.7 Å². The van der Waals surface area contributed by atoms with Gasteiger partial charge in [0.15, 0.2) is 0 Å². The second-order valence-electron chi connectivity index (χ2n) is 8.60. The molecule has 1 N–H and O–H groups in total. The summed E-state index contributed by atoms with van der Waals surface area (Å²) in [6, 6.07) is 20.8. The molecule has 1 aliphatic heterocycles. The number of carbonyl (C=O) groups excluding carboxylic acids is 1. The number of nitrogens with zero attached hydrogens (tertiary/aromatic N) is 2. The highest BCUT2D eigenvalue weighted by Crippen LogP contribution is 2.37. The number of carbonyl (C=O) groups is 1. The van der Waals surface area contributed by atoms with Crippen molar-refractivity contribution < 1.29 is 9.53 Å². The summed E-state index contributed by atoms with van der Waals surface area (Å²) in [4.78, 5) is 19.7. The van der Waals surface area contributed by atoms with Gasteiger partial charge in [-0.25, -0.2) is 0 Å². The predicted molar refractivity (Wildman–Crippen MR) is 127 cm³/mol. The molecule has 5 nitrogen and oxygen atoms in total. The van der Waals surface area contributed by atoms with Crippen molar-refractivity contribution in [1.29, 1.82) is 0 Å². The molecule has 32 heavy (non-hydrogen) atoms. The Balaban J connectivity index is 1.46. The highest BCUT2D eigenvalue weighted by Gasteiger charge is 2.40. The molecule has 3 aromatic rings. The lowest BCUT2D eigenvalue weighted by molar-refractivity contribution is -0.133. The van der Waals surface area contributed by atoms with Gasteiger partial charge < -0.3 is 10.1 Å². The molecule has 0 unspecified atom stereocenters. The summed E-state index contributed by atoms with van der Waals surface area (Å²) in [6.07, 6.45) is 6.11. The van der Waals surface area contributed by atoms with E-state index in [2.05, 4.69) is 57.7 Å². The molecule has 0 aliphatic carbocycles. The standard InChI is InChI=1S/C27H31N3O2/c1-28-26(31)27(18-22-5-3-6-23(17-22)24-7-4-14-29-19-24)12-15-30(16-13-27)20-21-8-10-25(32-2)11-9-21/h3-11,14,17,19H,12-13,15-16,18,20H2,1-2H3,(H,28,31). The number of amides is 1. The number of hydrogen-bond acceptors (Lipinski definition) is 4. The molecule has 0 radical (unpaired) electrons. The molecule has 1 aromatic heterocycles. The van der Waals surface area contributed by atoms with Crippen LogP contribution in [0.5, 0.6) is 5.75 Å². The molecule has 0 spiro atoms. The molecule has 0 saturated carbocycles. The first-order chi connectivity index (χ1) is 15.6. The number of pyridine rings is 1. The summed E-state index contributed by atoms with van der Waals surface area (Å²) in [5.41, 5.74) is 4.32. The van der Waals surface area contributed by atoms with Gasteiger partial charge in [0.2, 0.25) is 5.91 Å². The number of ether oxygens (including phenoxy) is 1. The maximum atomic E-state index is 13.0. The molecular weight excluding hydrogens is 398 g/mol. The van der Waals surface area contributed by atoms with Crippen LogP contribution in [0.4, 0.5) is 0 Å². The molecule has 1 amide bonds. The lowest BCUT2D eigenvalue weighted by Crippen LogP contribution is -2.49. The average Bonchev–Trinajstić information content (AvgIpc) is 2.86. The van der Waals surface area contributed by atoms with E-state index in [0.29, 0.717) is 0 Å².